The van der Waals surface area contributed by atoms with Gasteiger partial charge in [-0.25, -0.2) is 0 Å². The molecular formula is C24H26O2. The van der Waals surface area contributed by atoms with Gasteiger partial charge >= 0.3 is 0 Å². The van der Waals surface area contributed by atoms with Crippen LogP contribution in [0.15, 0.2) is 63.6 Å². The predicted octanol–water partition coefficient (Wildman–Crippen LogP) is 7.00. The van der Waals surface area contributed by atoms with E-state index in [0.29, 0.717) is 0 Å². The molecule has 0 fully saturated rings. The molecule has 0 aliphatic heterocycles. The standard InChI is InChI=1S/C24H26O2/c1-23(2,3)21-13-16-9-8-10-17(22(16)26-21)14-24(4,5)19-15-25-20-12-7-6-11-18(19)20/h6-13,15H,14H2,1-5H3. The average molecular weight is 346 g/mol. The first kappa shape index (κ1) is 17.0. The van der Waals surface area contributed by atoms with Gasteiger partial charge in [0.15, 0.2) is 0 Å². The molecule has 2 aromatic heterocycles. The molecule has 0 bridgehead atoms. The fourth-order valence-corrected chi connectivity index (χ4v) is 3.71. The Morgan fingerprint density at radius 1 is 0.885 bits per heavy atom. The lowest BCUT2D eigenvalue weighted by atomic mass is 9.79. The Morgan fingerprint density at radius 2 is 1.65 bits per heavy atom. The first-order valence-electron chi connectivity index (χ1n) is 9.24. The minimum Gasteiger partial charge on any atom is -0.464 e. The van der Waals surface area contributed by atoms with Crippen LogP contribution in [0.2, 0.25) is 0 Å². The molecule has 0 spiro atoms. The van der Waals surface area contributed by atoms with Gasteiger partial charge in [0.1, 0.15) is 16.9 Å². The number of rotatable bonds is 3. The van der Waals surface area contributed by atoms with E-state index in [1.807, 2.05) is 18.4 Å². The third-order valence-corrected chi connectivity index (χ3v) is 5.21. The fraction of sp³-hybridized carbons (Fsp3) is 0.333. The van der Waals surface area contributed by atoms with Crippen molar-refractivity contribution < 1.29 is 8.83 Å². The van der Waals surface area contributed by atoms with E-state index < -0.39 is 0 Å². The molecule has 26 heavy (non-hydrogen) atoms. The normalized spacial score (nSPS) is 13.0. The first-order chi connectivity index (χ1) is 12.3. The minimum atomic E-state index is -0.0599. The van der Waals surface area contributed by atoms with Crippen LogP contribution < -0.4 is 0 Å². The van der Waals surface area contributed by atoms with Gasteiger partial charge in [0.05, 0.1) is 6.26 Å². The lowest BCUT2D eigenvalue weighted by Crippen LogP contribution is -2.20. The molecule has 2 heteroatoms. The summed E-state index contributed by atoms with van der Waals surface area (Å²) < 4.78 is 12.1. The highest BCUT2D eigenvalue weighted by Crippen LogP contribution is 2.37. The zero-order chi connectivity index (χ0) is 18.5. The maximum atomic E-state index is 6.29. The molecule has 0 unspecified atom stereocenters. The van der Waals surface area contributed by atoms with Crippen molar-refractivity contribution in [2.75, 3.05) is 0 Å². The van der Waals surface area contributed by atoms with Gasteiger partial charge in [-0.1, -0.05) is 71.0 Å². The third kappa shape index (κ3) is 2.84. The van der Waals surface area contributed by atoms with E-state index in [-0.39, 0.29) is 10.8 Å². The summed E-state index contributed by atoms with van der Waals surface area (Å²) in [5.74, 6) is 1.03. The van der Waals surface area contributed by atoms with Crippen molar-refractivity contribution in [3.63, 3.8) is 0 Å². The zero-order valence-corrected chi connectivity index (χ0v) is 16.2. The molecule has 0 N–H and O–H groups in total. The quantitative estimate of drug-likeness (QED) is 0.399. The van der Waals surface area contributed by atoms with Gasteiger partial charge in [0.25, 0.3) is 0 Å². The summed E-state index contributed by atoms with van der Waals surface area (Å²) in [6, 6.07) is 16.9. The molecule has 2 heterocycles. The van der Waals surface area contributed by atoms with E-state index in [2.05, 4.69) is 71.0 Å². The highest BCUT2D eigenvalue weighted by atomic mass is 16.3. The van der Waals surface area contributed by atoms with Crippen molar-refractivity contribution in [2.24, 2.45) is 0 Å². The van der Waals surface area contributed by atoms with Crippen molar-refractivity contribution in [3.05, 3.63) is 71.7 Å². The van der Waals surface area contributed by atoms with Crippen molar-refractivity contribution >= 4 is 21.9 Å². The second-order valence-corrected chi connectivity index (χ2v) is 8.90. The highest BCUT2D eigenvalue weighted by molar-refractivity contribution is 5.83. The number of benzene rings is 2. The molecule has 0 aliphatic rings. The SMILES string of the molecule is CC(C)(C)c1cc2cccc(CC(C)(C)c3coc4ccccc34)c2o1. The summed E-state index contributed by atoms with van der Waals surface area (Å²) in [6.45, 7) is 11.1. The number of hydrogen-bond acceptors (Lipinski definition) is 2. The fourth-order valence-electron chi connectivity index (χ4n) is 3.71. The van der Waals surface area contributed by atoms with Crippen LogP contribution in [0.1, 0.15) is 51.5 Å². The Labute approximate surface area is 154 Å². The van der Waals surface area contributed by atoms with Gasteiger partial charge in [-0.05, 0) is 29.5 Å². The van der Waals surface area contributed by atoms with Crippen molar-refractivity contribution in [2.45, 2.75) is 51.9 Å². The van der Waals surface area contributed by atoms with Crippen LogP contribution >= 0.6 is 0 Å². The second-order valence-electron chi connectivity index (χ2n) is 8.90. The van der Waals surface area contributed by atoms with Crippen LogP contribution in [0.25, 0.3) is 21.9 Å². The molecule has 0 saturated carbocycles. The van der Waals surface area contributed by atoms with Crippen molar-refractivity contribution in [1.82, 2.24) is 0 Å². The van der Waals surface area contributed by atoms with Crippen LogP contribution in [0, 0.1) is 0 Å². The summed E-state index contributed by atoms with van der Waals surface area (Å²) in [5.41, 5.74) is 4.39. The topological polar surface area (TPSA) is 26.3 Å². The van der Waals surface area contributed by atoms with Crippen LogP contribution in [0.4, 0.5) is 0 Å². The number of fused-ring (bicyclic) bond motifs is 2. The van der Waals surface area contributed by atoms with Gasteiger partial charge < -0.3 is 8.83 Å². The Morgan fingerprint density at radius 3 is 2.42 bits per heavy atom. The number of furan rings is 2. The second kappa shape index (κ2) is 5.77. The zero-order valence-electron chi connectivity index (χ0n) is 16.2. The van der Waals surface area contributed by atoms with E-state index in [9.17, 15) is 0 Å². The van der Waals surface area contributed by atoms with Gasteiger partial charge in [-0.15, -0.1) is 0 Å². The lowest BCUT2D eigenvalue weighted by Gasteiger charge is -2.24. The predicted molar refractivity (Wildman–Crippen MR) is 108 cm³/mol. The van der Waals surface area contributed by atoms with Gasteiger partial charge in [0.2, 0.25) is 0 Å². The first-order valence-corrected chi connectivity index (χ1v) is 9.24. The molecule has 0 aliphatic carbocycles. The van der Waals surface area contributed by atoms with E-state index >= 15 is 0 Å². The molecule has 0 atom stereocenters. The summed E-state index contributed by atoms with van der Waals surface area (Å²) >= 11 is 0. The number of hydrogen-bond donors (Lipinski definition) is 0. The van der Waals surface area contributed by atoms with E-state index in [1.54, 1.807) is 0 Å². The Balaban J connectivity index is 1.77. The van der Waals surface area contributed by atoms with Crippen molar-refractivity contribution in [1.29, 1.82) is 0 Å². The Hall–Kier alpha value is -2.48. The van der Waals surface area contributed by atoms with Crippen LogP contribution in [-0.4, -0.2) is 0 Å². The summed E-state index contributed by atoms with van der Waals surface area (Å²) in [5, 5.41) is 2.37. The third-order valence-electron chi connectivity index (χ3n) is 5.21. The molecule has 4 rings (SSSR count). The van der Waals surface area contributed by atoms with Crippen LogP contribution in [-0.2, 0) is 17.3 Å². The van der Waals surface area contributed by atoms with E-state index in [0.717, 1.165) is 23.3 Å². The Bertz CT molecular complexity index is 1070. The molecule has 2 aromatic carbocycles. The highest BCUT2D eigenvalue weighted by Gasteiger charge is 2.27. The van der Waals surface area contributed by atoms with Crippen LogP contribution in [0.5, 0.6) is 0 Å². The monoisotopic (exact) mass is 346 g/mol. The summed E-state index contributed by atoms with van der Waals surface area (Å²) in [6.07, 6.45) is 2.80. The van der Waals surface area contributed by atoms with E-state index in [4.69, 9.17) is 8.83 Å². The molecular weight excluding hydrogens is 320 g/mol. The Kier molecular flexibility index (Phi) is 3.76. The average Bonchev–Trinajstić information content (AvgIpc) is 3.19. The maximum absolute atomic E-state index is 6.29. The number of para-hydroxylation sites is 2. The minimum absolute atomic E-state index is 0.00652. The van der Waals surface area contributed by atoms with Gasteiger partial charge in [-0.3, -0.25) is 0 Å². The summed E-state index contributed by atoms with van der Waals surface area (Å²) in [7, 11) is 0. The van der Waals surface area contributed by atoms with Gasteiger partial charge in [0, 0.05) is 21.8 Å². The molecule has 0 amide bonds. The maximum Gasteiger partial charge on any atom is 0.137 e. The van der Waals surface area contributed by atoms with Gasteiger partial charge in [-0.2, -0.15) is 0 Å². The molecule has 2 nitrogen and oxygen atoms in total. The molecule has 4 aromatic rings. The summed E-state index contributed by atoms with van der Waals surface area (Å²) in [4.78, 5) is 0. The lowest BCUT2D eigenvalue weighted by molar-refractivity contribution is 0.426. The van der Waals surface area contributed by atoms with E-state index in [1.165, 1.54) is 21.9 Å². The van der Waals surface area contributed by atoms with Crippen molar-refractivity contribution in [3.8, 4) is 0 Å². The molecule has 134 valence electrons. The van der Waals surface area contributed by atoms with Crippen LogP contribution in [0.3, 0.4) is 0 Å². The largest absolute Gasteiger partial charge is 0.464 e. The molecule has 0 saturated heterocycles. The smallest absolute Gasteiger partial charge is 0.137 e. The molecule has 0 radical (unpaired) electrons.